The number of ether oxygens (including phenoxy) is 1. The molecule has 4 aromatic rings. The number of nitrogens with zero attached hydrogens (tertiary/aromatic N) is 2. The fourth-order valence-corrected chi connectivity index (χ4v) is 3.91. The average molecular weight is 414 g/mol. The first kappa shape index (κ1) is 19.1. The third-order valence-electron chi connectivity index (χ3n) is 5.59. The molecular formula is C24H22N4O3. The molecule has 1 fully saturated rings. The highest BCUT2D eigenvalue weighted by atomic mass is 16.5. The Morgan fingerprint density at radius 2 is 1.94 bits per heavy atom. The number of methoxy groups -OCH3 is 1. The Labute approximate surface area is 178 Å². The van der Waals surface area contributed by atoms with Crippen LogP contribution >= 0.6 is 0 Å². The largest absolute Gasteiger partial charge is 0.497 e. The lowest BCUT2D eigenvalue weighted by Crippen LogP contribution is -2.29. The van der Waals surface area contributed by atoms with Crippen molar-refractivity contribution in [2.24, 2.45) is 0 Å². The molecule has 2 aromatic heterocycles. The summed E-state index contributed by atoms with van der Waals surface area (Å²) in [6.45, 7) is 1.69. The van der Waals surface area contributed by atoms with Gasteiger partial charge in [-0.15, -0.1) is 0 Å². The highest BCUT2D eigenvalue weighted by Crippen LogP contribution is 2.44. The van der Waals surface area contributed by atoms with E-state index in [0.29, 0.717) is 28.7 Å². The number of rotatable bonds is 5. The molecule has 2 aromatic carbocycles. The molecule has 31 heavy (non-hydrogen) atoms. The van der Waals surface area contributed by atoms with Crippen LogP contribution in [0.3, 0.4) is 0 Å². The van der Waals surface area contributed by atoms with Crippen LogP contribution in [0, 0.1) is 6.92 Å². The van der Waals surface area contributed by atoms with Gasteiger partial charge in [0.15, 0.2) is 5.65 Å². The van der Waals surface area contributed by atoms with Crippen molar-refractivity contribution in [1.82, 2.24) is 14.6 Å². The quantitative estimate of drug-likeness (QED) is 0.514. The monoisotopic (exact) mass is 414 g/mol. The van der Waals surface area contributed by atoms with E-state index in [2.05, 4.69) is 15.4 Å². The number of aryl methyl sites for hydroxylation is 1. The number of amides is 1. The van der Waals surface area contributed by atoms with Crippen molar-refractivity contribution in [2.75, 3.05) is 12.4 Å². The van der Waals surface area contributed by atoms with Gasteiger partial charge < -0.3 is 10.1 Å². The zero-order valence-electron chi connectivity index (χ0n) is 17.3. The minimum atomic E-state index is -0.499. The predicted molar refractivity (Wildman–Crippen MR) is 119 cm³/mol. The van der Waals surface area contributed by atoms with Crippen LogP contribution in [0.4, 0.5) is 5.69 Å². The second-order valence-electron chi connectivity index (χ2n) is 7.76. The van der Waals surface area contributed by atoms with E-state index in [0.717, 1.165) is 29.7 Å². The summed E-state index contributed by atoms with van der Waals surface area (Å²) in [5.41, 5.74) is 4.03. The average Bonchev–Trinajstić information content (AvgIpc) is 3.55. The molecule has 0 radical (unpaired) electrons. The molecule has 156 valence electrons. The highest BCUT2D eigenvalue weighted by molar-refractivity contribution is 6.05. The van der Waals surface area contributed by atoms with Gasteiger partial charge >= 0.3 is 0 Å². The lowest BCUT2D eigenvalue weighted by Gasteiger charge is -2.09. The summed E-state index contributed by atoms with van der Waals surface area (Å²) in [6.07, 6.45) is 2.15. The minimum Gasteiger partial charge on any atom is -0.497 e. The number of aromatic nitrogens is 3. The van der Waals surface area contributed by atoms with Crippen molar-refractivity contribution in [3.05, 3.63) is 81.9 Å². The zero-order chi connectivity index (χ0) is 21.5. The maximum Gasteiger partial charge on any atom is 0.285 e. The highest BCUT2D eigenvalue weighted by Gasteiger charge is 2.31. The fraction of sp³-hybridized carbons (Fsp3) is 0.208. The van der Waals surface area contributed by atoms with Gasteiger partial charge in [0, 0.05) is 28.9 Å². The molecule has 0 spiro atoms. The van der Waals surface area contributed by atoms with Crippen molar-refractivity contribution in [3.8, 4) is 16.9 Å². The van der Waals surface area contributed by atoms with Gasteiger partial charge in [0.1, 0.15) is 11.3 Å². The Bertz CT molecular complexity index is 1350. The van der Waals surface area contributed by atoms with E-state index in [9.17, 15) is 9.59 Å². The molecule has 0 saturated heterocycles. The third-order valence-corrected chi connectivity index (χ3v) is 5.59. The number of carbonyl (C=O) groups is 1. The lowest BCUT2D eigenvalue weighted by molar-refractivity contribution is 0.102. The normalized spacial score (nSPS) is 13.4. The smallest absolute Gasteiger partial charge is 0.285 e. The first-order valence-corrected chi connectivity index (χ1v) is 10.2. The van der Waals surface area contributed by atoms with Gasteiger partial charge in [-0.3, -0.25) is 14.7 Å². The summed E-state index contributed by atoms with van der Waals surface area (Å²) in [6, 6.07) is 16.9. The third kappa shape index (κ3) is 3.38. The molecule has 2 N–H and O–H groups in total. The zero-order valence-corrected chi connectivity index (χ0v) is 17.3. The molecule has 1 saturated carbocycles. The van der Waals surface area contributed by atoms with Crippen LogP contribution < -0.4 is 15.6 Å². The first-order valence-electron chi connectivity index (χ1n) is 10.2. The molecule has 5 rings (SSSR count). The van der Waals surface area contributed by atoms with Crippen molar-refractivity contribution < 1.29 is 9.53 Å². The Kier molecular flexibility index (Phi) is 4.58. The number of benzene rings is 2. The summed E-state index contributed by atoms with van der Waals surface area (Å²) in [4.78, 5) is 31.0. The van der Waals surface area contributed by atoms with E-state index in [1.807, 2.05) is 30.3 Å². The van der Waals surface area contributed by atoms with Crippen LogP contribution in [0.25, 0.3) is 16.8 Å². The SMILES string of the molecule is COc1cccc(NC(=O)c2c(C)nc3c(-c4ccccc4)c(C4CC4)[nH]n3c2=O)c1. The summed E-state index contributed by atoms with van der Waals surface area (Å²) >= 11 is 0. The Morgan fingerprint density at radius 1 is 1.16 bits per heavy atom. The van der Waals surface area contributed by atoms with Crippen LogP contribution in [-0.4, -0.2) is 27.6 Å². The molecule has 1 aliphatic rings. The predicted octanol–water partition coefficient (Wildman–Crippen LogP) is 4.14. The van der Waals surface area contributed by atoms with E-state index in [-0.39, 0.29) is 5.56 Å². The van der Waals surface area contributed by atoms with Crippen molar-refractivity contribution >= 4 is 17.2 Å². The van der Waals surface area contributed by atoms with Gasteiger partial charge in [0.25, 0.3) is 11.5 Å². The Hall–Kier alpha value is -3.87. The number of H-pyrrole nitrogens is 1. The fourth-order valence-electron chi connectivity index (χ4n) is 3.91. The molecule has 7 nitrogen and oxygen atoms in total. The van der Waals surface area contributed by atoms with Crippen LogP contribution in [-0.2, 0) is 0 Å². The van der Waals surface area contributed by atoms with E-state index >= 15 is 0 Å². The number of anilines is 1. The van der Waals surface area contributed by atoms with Crippen LogP contribution in [0.5, 0.6) is 5.75 Å². The molecule has 0 aliphatic heterocycles. The van der Waals surface area contributed by atoms with Gasteiger partial charge in [-0.1, -0.05) is 36.4 Å². The maximum absolute atomic E-state index is 13.4. The molecule has 2 heterocycles. The van der Waals surface area contributed by atoms with Crippen LogP contribution in [0.1, 0.15) is 40.5 Å². The van der Waals surface area contributed by atoms with Gasteiger partial charge in [0.05, 0.1) is 12.8 Å². The molecular weight excluding hydrogens is 392 g/mol. The Morgan fingerprint density at radius 3 is 2.65 bits per heavy atom. The topological polar surface area (TPSA) is 88.5 Å². The van der Waals surface area contributed by atoms with Gasteiger partial charge in [-0.25, -0.2) is 9.50 Å². The molecule has 7 heteroatoms. The van der Waals surface area contributed by atoms with E-state index in [4.69, 9.17) is 4.74 Å². The van der Waals surface area contributed by atoms with E-state index < -0.39 is 11.5 Å². The standard InChI is InChI=1S/C24H22N4O3/c1-14-19(23(29)26-17-9-6-10-18(13-17)31-2)24(30)28-22(25-14)20(15-7-4-3-5-8-15)21(27-28)16-11-12-16/h3-10,13,16,27H,11-12H2,1-2H3,(H,26,29). The second-order valence-corrected chi connectivity index (χ2v) is 7.76. The first-order chi connectivity index (χ1) is 15.1. The van der Waals surface area contributed by atoms with Gasteiger partial charge in [-0.05, 0) is 37.5 Å². The molecule has 0 bridgehead atoms. The van der Waals surface area contributed by atoms with Crippen molar-refractivity contribution in [2.45, 2.75) is 25.7 Å². The van der Waals surface area contributed by atoms with E-state index in [1.54, 1.807) is 38.3 Å². The van der Waals surface area contributed by atoms with Gasteiger partial charge in [-0.2, -0.15) is 0 Å². The summed E-state index contributed by atoms with van der Waals surface area (Å²) in [5.74, 6) is 0.498. The van der Waals surface area contributed by atoms with Crippen molar-refractivity contribution in [3.63, 3.8) is 0 Å². The number of hydrogen-bond acceptors (Lipinski definition) is 4. The summed E-state index contributed by atoms with van der Waals surface area (Å²) in [7, 11) is 1.56. The number of carbonyl (C=O) groups excluding carboxylic acids is 1. The van der Waals surface area contributed by atoms with Crippen molar-refractivity contribution in [1.29, 1.82) is 0 Å². The number of aromatic amines is 1. The van der Waals surface area contributed by atoms with Gasteiger partial charge in [0.2, 0.25) is 0 Å². The number of nitrogens with one attached hydrogen (secondary N) is 2. The summed E-state index contributed by atoms with van der Waals surface area (Å²) in [5, 5.41) is 6.02. The second kappa shape index (κ2) is 7.43. The number of hydrogen-bond donors (Lipinski definition) is 2. The van der Waals surface area contributed by atoms with Crippen LogP contribution in [0.2, 0.25) is 0 Å². The summed E-state index contributed by atoms with van der Waals surface area (Å²) < 4.78 is 6.61. The molecule has 1 aliphatic carbocycles. The maximum atomic E-state index is 13.4. The number of fused-ring (bicyclic) bond motifs is 1. The molecule has 1 amide bonds. The Balaban J connectivity index is 1.62. The molecule has 0 atom stereocenters. The lowest BCUT2D eigenvalue weighted by atomic mass is 10.0. The minimum absolute atomic E-state index is 0.0172. The van der Waals surface area contributed by atoms with E-state index in [1.165, 1.54) is 4.52 Å². The molecule has 0 unspecified atom stereocenters. The van der Waals surface area contributed by atoms with Crippen LogP contribution in [0.15, 0.2) is 59.4 Å².